The van der Waals surface area contributed by atoms with Gasteiger partial charge in [-0.25, -0.2) is 8.78 Å². The van der Waals surface area contributed by atoms with E-state index in [1.165, 1.54) is 19.1 Å². The molecule has 1 fully saturated rings. The van der Waals surface area contributed by atoms with Gasteiger partial charge >= 0.3 is 0 Å². The molecule has 0 aliphatic carbocycles. The Morgan fingerprint density at radius 3 is 2.29 bits per heavy atom. The van der Waals surface area contributed by atoms with E-state index >= 15 is 0 Å². The first-order valence-corrected chi connectivity index (χ1v) is 9.84. The minimum atomic E-state index is -1.70. The van der Waals surface area contributed by atoms with Crippen LogP contribution in [0.15, 0.2) is 30.3 Å². The van der Waals surface area contributed by atoms with Crippen LogP contribution in [0.5, 0.6) is 5.75 Å². The molecule has 5 N–H and O–H groups in total. The summed E-state index contributed by atoms with van der Waals surface area (Å²) >= 11 is 0. The van der Waals surface area contributed by atoms with Crippen LogP contribution >= 0.6 is 0 Å². The molecule has 7 nitrogen and oxygen atoms in total. The Morgan fingerprint density at radius 2 is 1.68 bits per heavy atom. The number of aliphatic hydroxyl groups is 5. The second-order valence-electron chi connectivity index (χ2n) is 7.77. The van der Waals surface area contributed by atoms with Crippen LogP contribution in [0.2, 0.25) is 0 Å². The molecule has 0 spiro atoms. The fourth-order valence-electron chi connectivity index (χ4n) is 3.48. The van der Waals surface area contributed by atoms with Crippen molar-refractivity contribution >= 4 is 0 Å². The van der Waals surface area contributed by atoms with Crippen LogP contribution in [0.25, 0.3) is 0 Å². The van der Waals surface area contributed by atoms with Crippen molar-refractivity contribution in [2.45, 2.75) is 63.7 Å². The highest BCUT2D eigenvalue weighted by atomic mass is 19.1. The van der Waals surface area contributed by atoms with Crippen LogP contribution < -0.4 is 4.74 Å². The number of hydrogen-bond donors (Lipinski definition) is 5. The zero-order valence-corrected chi connectivity index (χ0v) is 17.1. The van der Waals surface area contributed by atoms with Crippen LogP contribution in [-0.4, -0.2) is 62.3 Å². The highest BCUT2D eigenvalue weighted by Gasteiger charge is 2.46. The number of hydrogen-bond acceptors (Lipinski definition) is 7. The topological polar surface area (TPSA) is 120 Å². The van der Waals surface area contributed by atoms with Crippen molar-refractivity contribution in [2.24, 2.45) is 0 Å². The summed E-state index contributed by atoms with van der Waals surface area (Å²) in [6.07, 6.45) is -9.00. The number of benzene rings is 2. The smallest absolute Gasteiger partial charge is 0.229 e. The van der Waals surface area contributed by atoms with E-state index in [9.17, 15) is 34.3 Å². The third kappa shape index (κ3) is 5.03. The van der Waals surface area contributed by atoms with Gasteiger partial charge in [0.25, 0.3) is 0 Å². The standard InChI is InChI=1S/C22H26F2O7/c1-10-3-4-12(6-15(10)23)5-14-16(24)7-13(9-25)8-17(14)30-22-20(29)18(27)19(28)21(31-22)11(2)26/h3-4,6-8,11,18-22,25-29H,5,9H2,1-2H3/t11-,18+,19+,20-,21-,22-/m1/s1. The summed E-state index contributed by atoms with van der Waals surface area (Å²) in [5, 5.41) is 49.6. The monoisotopic (exact) mass is 440 g/mol. The van der Waals surface area contributed by atoms with Gasteiger partial charge in [-0.1, -0.05) is 12.1 Å². The van der Waals surface area contributed by atoms with Gasteiger partial charge in [-0.2, -0.15) is 0 Å². The molecule has 0 amide bonds. The minimum absolute atomic E-state index is 0.0189. The second-order valence-corrected chi connectivity index (χ2v) is 7.77. The fourth-order valence-corrected chi connectivity index (χ4v) is 3.48. The Hall–Kier alpha value is -2.14. The molecule has 1 heterocycles. The molecule has 170 valence electrons. The average Bonchev–Trinajstić information content (AvgIpc) is 2.72. The molecule has 0 radical (unpaired) electrons. The molecule has 1 aliphatic heterocycles. The number of aryl methyl sites for hydroxylation is 1. The van der Waals surface area contributed by atoms with E-state index in [4.69, 9.17) is 9.47 Å². The Kier molecular flexibility index (Phi) is 7.25. The van der Waals surface area contributed by atoms with Gasteiger partial charge in [-0.05, 0) is 48.7 Å². The molecule has 1 saturated heterocycles. The van der Waals surface area contributed by atoms with Crippen LogP contribution in [-0.2, 0) is 17.8 Å². The lowest BCUT2D eigenvalue weighted by Gasteiger charge is -2.41. The Balaban J connectivity index is 1.95. The maximum atomic E-state index is 14.8. The number of ether oxygens (including phenoxy) is 2. The van der Waals surface area contributed by atoms with Crippen molar-refractivity contribution in [3.05, 3.63) is 64.2 Å². The number of rotatable bonds is 6. The van der Waals surface area contributed by atoms with Crippen LogP contribution in [0, 0.1) is 18.6 Å². The van der Waals surface area contributed by atoms with Gasteiger partial charge in [-0.15, -0.1) is 0 Å². The number of aliphatic hydroxyl groups excluding tert-OH is 5. The summed E-state index contributed by atoms with van der Waals surface area (Å²) in [7, 11) is 0. The predicted molar refractivity (Wildman–Crippen MR) is 105 cm³/mol. The first kappa shape index (κ1) is 23.5. The maximum absolute atomic E-state index is 14.8. The second kappa shape index (κ2) is 9.56. The van der Waals surface area contributed by atoms with Crippen molar-refractivity contribution in [1.29, 1.82) is 0 Å². The first-order chi connectivity index (χ1) is 14.6. The summed E-state index contributed by atoms with van der Waals surface area (Å²) in [5.74, 6) is -1.27. The largest absolute Gasteiger partial charge is 0.462 e. The summed E-state index contributed by atoms with van der Waals surface area (Å²) < 4.78 is 39.8. The van der Waals surface area contributed by atoms with E-state index in [0.29, 0.717) is 11.1 Å². The minimum Gasteiger partial charge on any atom is -0.462 e. The van der Waals surface area contributed by atoms with E-state index < -0.39 is 55.1 Å². The van der Waals surface area contributed by atoms with Gasteiger partial charge in [0.05, 0.1) is 12.7 Å². The van der Waals surface area contributed by atoms with E-state index in [0.717, 1.165) is 6.07 Å². The first-order valence-electron chi connectivity index (χ1n) is 9.84. The van der Waals surface area contributed by atoms with E-state index in [1.807, 2.05) is 0 Å². The lowest BCUT2D eigenvalue weighted by Crippen LogP contribution is -2.61. The zero-order chi connectivity index (χ0) is 22.9. The van der Waals surface area contributed by atoms with Crippen molar-refractivity contribution in [1.82, 2.24) is 0 Å². The van der Waals surface area contributed by atoms with Gasteiger partial charge in [-0.3, -0.25) is 0 Å². The van der Waals surface area contributed by atoms with Gasteiger partial charge in [0.2, 0.25) is 6.29 Å². The summed E-state index contributed by atoms with van der Waals surface area (Å²) in [6, 6.07) is 6.92. The van der Waals surface area contributed by atoms with Gasteiger partial charge in [0, 0.05) is 12.0 Å². The van der Waals surface area contributed by atoms with Gasteiger partial charge in [0.1, 0.15) is 41.8 Å². The molecule has 31 heavy (non-hydrogen) atoms. The fraction of sp³-hybridized carbons (Fsp3) is 0.455. The molecule has 9 heteroatoms. The highest BCUT2D eigenvalue weighted by Crippen LogP contribution is 2.32. The molecule has 2 aromatic rings. The maximum Gasteiger partial charge on any atom is 0.229 e. The summed E-state index contributed by atoms with van der Waals surface area (Å²) in [6.45, 7) is 2.45. The van der Waals surface area contributed by atoms with Crippen LogP contribution in [0.3, 0.4) is 0 Å². The summed E-state index contributed by atoms with van der Waals surface area (Å²) in [5.41, 5.74) is 1.10. The zero-order valence-electron chi connectivity index (χ0n) is 17.1. The normalized spacial score (nSPS) is 27.2. The Labute approximate surface area is 178 Å². The van der Waals surface area contributed by atoms with E-state index in [1.54, 1.807) is 19.1 Å². The molecule has 0 unspecified atom stereocenters. The quantitative estimate of drug-likeness (QED) is 0.453. The van der Waals surface area contributed by atoms with Gasteiger partial charge < -0.3 is 35.0 Å². The average molecular weight is 440 g/mol. The molecule has 0 aromatic heterocycles. The van der Waals surface area contributed by atoms with Crippen LogP contribution in [0.4, 0.5) is 8.78 Å². The summed E-state index contributed by atoms with van der Waals surface area (Å²) in [4.78, 5) is 0. The molecular weight excluding hydrogens is 414 g/mol. The number of halogens is 2. The van der Waals surface area contributed by atoms with Gasteiger partial charge in [0.15, 0.2) is 0 Å². The predicted octanol–water partition coefficient (Wildman–Crippen LogP) is 0.924. The molecule has 6 atom stereocenters. The molecule has 2 aromatic carbocycles. The third-order valence-corrected chi connectivity index (χ3v) is 5.34. The Morgan fingerprint density at radius 1 is 1.00 bits per heavy atom. The molecule has 3 rings (SSSR count). The van der Waals surface area contributed by atoms with E-state index in [2.05, 4.69) is 0 Å². The molecular formula is C22H26F2O7. The Bertz CT molecular complexity index is 921. The van der Waals surface area contributed by atoms with Crippen molar-refractivity contribution in [3.8, 4) is 5.75 Å². The van der Waals surface area contributed by atoms with E-state index in [-0.39, 0.29) is 23.3 Å². The third-order valence-electron chi connectivity index (χ3n) is 5.34. The lowest BCUT2D eigenvalue weighted by molar-refractivity contribution is -0.286. The SMILES string of the molecule is Cc1ccc(Cc2c(F)cc(CO)cc2O[C@@H]2O[C@H]([C@@H](C)O)[C@@H](O)[C@H](O)[C@H]2O)cc1F. The molecule has 1 aliphatic rings. The van der Waals surface area contributed by atoms with Crippen molar-refractivity contribution in [3.63, 3.8) is 0 Å². The van der Waals surface area contributed by atoms with Crippen molar-refractivity contribution < 1.29 is 43.8 Å². The van der Waals surface area contributed by atoms with Crippen LogP contribution in [0.1, 0.15) is 29.2 Å². The molecule has 0 bridgehead atoms. The molecule has 0 saturated carbocycles. The highest BCUT2D eigenvalue weighted by molar-refractivity contribution is 5.42. The van der Waals surface area contributed by atoms with Crippen molar-refractivity contribution in [2.75, 3.05) is 0 Å². The lowest BCUT2D eigenvalue weighted by atomic mass is 9.96.